The Labute approximate surface area is 110 Å². The number of allylic oxidation sites excluding steroid dienone is 1. The Kier molecular flexibility index (Phi) is 2.44. The van der Waals surface area contributed by atoms with Crippen molar-refractivity contribution < 1.29 is 5.11 Å². The number of hydrogen-bond donors (Lipinski definition) is 1. The molecule has 2 aliphatic carbocycles. The van der Waals surface area contributed by atoms with E-state index < -0.39 is 0 Å². The molecule has 1 N–H and O–H groups in total. The normalized spacial score (nSPS) is 51.6. The third-order valence-corrected chi connectivity index (χ3v) is 6.31. The molecule has 2 heterocycles. The summed E-state index contributed by atoms with van der Waals surface area (Å²) in [5.74, 6) is 2.05. The van der Waals surface area contributed by atoms with Crippen LogP contribution in [-0.2, 0) is 0 Å². The summed E-state index contributed by atoms with van der Waals surface area (Å²) in [6.45, 7) is 4.87. The van der Waals surface area contributed by atoms with Crippen LogP contribution >= 0.6 is 0 Å². The molecule has 2 heteroatoms. The van der Waals surface area contributed by atoms with Gasteiger partial charge in [-0.15, -0.1) is 0 Å². The molecule has 100 valence electrons. The predicted octanol–water partition coefficient (Wildman–Crippen LogP) is 2.58. The lowest BCUT2D eigenvalue weighted by Gasteiger charge is -2.66. The van der Waals surface area contributed by atoms with Gasteiger partial charge in [-0.3, -0.25) is 4.90 Å². The zero-order valence-electron chi connectivity index (χ0n) is 11.4. The maximum absolute atomic E-state index is 10.6. The maximum Gasteiger partial charge on any atom is 0.0592 e. The summed E-state index contributed by atoms with van der Waals surface area (Å²) in [5, 5.41) is 10.6. The standard InChI is InChI=1S/C16H25NO/c1-11-8-12-9-15(18)14-5-3-7-17-6-2-4-13(12)16(14,17)10-11/h8,12-15,18H,2-7,9-10H2,1H3/t12-,13+,14+,15+,16+/m0/s1. The van der Waals surface area contributed by atoms with Gasteiger partial charge in [-0.1, -0.05) is 11.6 Å². The molecular weight excluding hydrogens is 222 g/mol. The van der Waals surface area contributed by atoms with Gasteiger partial charge in [0.2, 0.25) is 0 Å². The minimum atomic E-state index is -0.0449. The van der Waals surface area contributed by atoms with Crippen molar-refractivity contribution in [3.8, 4) is 0 Å². The van der Waals surface area contributed by atoms with Gasteiger partial charge in [-0.25, -0.2) is 0 Å². The van der Waals surface area contributed by atoms with Crippen molar-refractivity contribution in [2.24, 2.45) is 17.8 Å². The van der Waals surface area contributed by atoms with Gasteiger partial charge in [-0.2, -0.15) is 0 Å². The second-order valence-corrected chi connectivity index (χ2v) is 7.13. The molecular formula is C16H25NO. The fourth-order valence-corrected chi connectivity index (χ4v) is 5.92. The first kappa shape index (κ1) is 11.5. The Morgan fingerprint density at radius 3 is 2.72 bits per heavy atom. The highest BCUT2D eigenvalue weighted by Crippen LogP contribution is 2.58. The van der Waals surface area contributed by atoms with Crippen LogP contribution in [0.1, 0.15) is 45.4 Å². The van der Waals surface area contributed by atoms with Crippen molar-refractivity contribution in [3.63, 3.8) is 0 Å². The number of nitrogens with zero attached hydrogens (tertiary/aromatic N) is 1. The highest BCUT2D eigenvalue weighted by Gasteiger charge is 2.60. The zero-order valence-corrected chi connectivity index (χ0v) is 11.4. The summed E-state index contributed by atoms with van der Waals surface area (Å²) < 4.78 is 0. The first-order valence-electron chi connectivity index (χ1n) is 7.82. The van der Waals surface area contributed by atoms with Gasteiger partial charge in [0.15, 0.2) is 0 Å². The topological polar surface area (TPSA) is 23.5 Å². The lowest BCUT2D eigenvalue weighted by molar-refractivity contribution is -0.162. The van der Waals surface area contributed by atoms with E-state index >= 15 is 0 Å². The van der Waals surface area contributed by atoms with Crippen LogP contribution in [0.2, 0.25) is 0 Å². The molecule has 2 aliphatic heterocycles. The molecule has 4 rings (SSSR count). The molecule has 5 atom stereocenters. The van der Waals surface area contributed by atoms with Crippen LogP contribution in [0, 0.1) is 17.8 Å². The Morgan fingerprint density at radius 1 is 1.22 bits per heavy atom. The van der Waals surface area contributed by atoms with Gasteiger partial charge in [0.05, 0.1) is 6.10 Å². The molecule has 1 spiro atoms. The zero-order chi connectivity index (χ0) is 12.3. The monoisotopic (exact) mass is 247 g/mol. The van der Waals surface area contributed by atoms with E-state index in [1.807, 2.05) is 0 Å². The average Bonchev–Trinajstić information content (AvgIpc) is 2.33. The number of aliphatic hydroxyl groups excluding tert-OH is 1. The lowest BCUT2D eigenvalue weighted by Crippen LogP contribution is -2.70. The molecule has 0 radical (unpaired) electrons. The Bertz CT molecular complexity index is 389. The molecule has 3 fully saturated rings. The van der Waals surface area contributed by atoms with E-state index in [2.05, 4.69) is 17.9 Å². The third-order valence-electron chi connectivity index (χ3n) is 6.31. The minimum Gasteiger partial charge on any atom is -0.393 e. The SMILES string of the molecule is CC1=C[C@H]2C[C@@H](O)[C@H]3CCCN4CCC[C@H]2[C@]34C1. The van der Waals surface area contributed by atoms with Crippen molar-refractivity contribution in [2.75, 3.05) is 13.1 Å². The number of piperidine rings is 2. The van der Waals surface area contributed by atoms with Gasteiger partial charge in [0, 0.05) is 11.5 Å². The predicted molar refractivity (Wildman–Crippen MR) is 72.2 cm³/mol. The maximum atomic E-state index is 10.6. The fourth-order valence-electron chi connectivity index (χ4n) is 5.92. The van der Waals surface area contributed by atoms with Crippen molar-refractivity contribution in [1.82, 2.24) is 4.90 Å². The van der Waals surface area contributed by atoms with Crippen molar-refractivity contribution in [1.29, 1.82) is 0 Å². The van der Waals surface area contributed by atoms with E-state index in [9.17, 15) is 5.11 Å². The lowest BCUT2D eigenvalue weighted by atomic mass is 9.50. The van der Waals surface area contributed by atoms with Gasteiger partial charge in [0.25, 0.3) is 0 Å². The number of hydrogen-bond acceptors (Lipinski definition) is 2. The average molecular weight is 247 g/mol. The molecule has 0 aromatic rings. The molecule has 18 heavy (non-hydrogen) atoms. The highest BCUT2D eigenvalue weighted by molar-refractivity contribution is 5.25. The van der Waals surface area contributed by atoms with E-state index in [1.165, 1.54) is 45.2 Å². The quantitative estimate of drug-likeness (QED) is 0.665. The fraction of sp³-hybridized carbons (Fsp3) is 0.875. The molecule has 0 aromatic carbocycles. The molecule has 4 aliphatic rings. The first-order chi connectivity index (χ1) is 8.72. The molecule has 2 saturated heterocycles. The van der Waals surface area contributed by atoms with Crippen LogP contribution in [0.3, 0.4) is 0 Å². The summed E-state index contributed by atoms with van der Waals surface area (Å²) in [6.07, 6.45) is 10.0. The molecule has 0 amide bonds. The van der Waals surface area contributed by atoms with E-state index in [0.717, 1.165) is 12.3 Å². The van der Waals surface area contributed by atoms with E-state index in [1.54, 1.807) is 5.57 Å². The largest absolute Gasteiger partial charge is 0.393 e. The van der Waals surface area contributed by atoms with Gasteiger partial charge >= 0.3 is 0 Å². The van der Waals surface area contributed by atoms with E-state index in [4.69, 9.17) is 0 Å². The van der Waals surface area contributed by atoms with Gasteiger partial charge in [-0.05, 0) is 70.4 Å². The summed E-state index contributed by atoms with van der Waals surface area (Å²) in [5.41, 5.74) is 1.93. The second-order valence-electron chi connectivity index (χ2n) is 7.13. The molecule has 0 aromatic heterocycles. The molecule has 0 unspecified atom stereocenters. The van der Waals surface area contributed by atoms with Crippen molar-refractivity contribution in [2.45, 2.75) is 57.1 Å². The van der Waals surface area contributed by atoms with Crippen molar-refractivity contribution >= 4 is 0 Å². The Hall–Kier alpha value is -0.340. The molecule has 2 nitrogen and oxygen atoms in total. The third kappa shape index (κ3) is 1.31. The summed E-state index contributed by atoms with van der Waals surface area (Å²) >= 11 is 0. The summed E-state index contributed by atoms with van der Waals surface area (Å²) in [7, 11) is 0. The van der Waals surface area contributed by atoms with Gasteiger partial charge in [0.1, 0.15) is 0 Å². The highest BCUT2D eigenvalue weighted by atomic mass is 16.3. The Balaban J connectivity index is 1.85. The van der Waals surface area contributed by atoms with Crippen LogP contribution in [0.15, 0.2) is 11.6 Å². The molecule has 1 saturated carbocycles. The first-order valence-corrected chi connectivity index (χ1v) is 7.82. The summed E-state index contributed by atoms with van der Waals surface area (Å²) in [4.78, 5) is 2.78. The van der Waals surface area contributed by atoms with Crippen LogP contribution in [-0.4, -0.2) is 34.7 Å². The van der Waals surface area contributed by atoms with Crippen LogP contribution in [0.5, 0.6) is 0 Å². The molecule has 2 bridgehead atoms. The number of rotatable bonds is 0. The van der Waals surface area contributed by atoms with E-state index in [-0.39, 0.29) is 6.10 Å². The second kappa shape index (κ2) is 3.83. The smallest absolute Gasteiger partial charge is 0.0592 e. The van der Waals surface area contributed by atoms with Crippen molar-refractivity contribution in [3.05, 3.63) is 11.6 Å². The van der Waals surface area contributed by atoms with Crippen LogP contribution in [0.4, 0.5) is 0 Å². The summed E-state index contributed by atoms with van der Waals surface area (Å²) in [6, 6.07) is 0. The Morgan fingerprint density at radius 2 is 1.94 bits per heavy atom. The van der Waals surface area contributed by atoms with Crippen LogP contribution < -0.4 is 0 Å². The van der Waals surface area contributed by atoms with Crippen LogP contribution in [0.25, 0.3) is 0 Å². The minimum absolute atomic E-state index is 0.0449. The van der Waals surface area contributed by atoms with Gasteiger partial charge < -0.3 is 5.11 Å². The number of aliphatic hydroxyl groups is 1. The van der Waals surface area contributed by atoms with E-state index in [0.29, 0.717) is 17.4 Å².